The second-order valence-corrected chi connectivity index (χ2v) is 7.98. The molecule has 0 aliphatic carbocycles. The van der Waals surface area contributed by atoms with Gasteiger partial charge in [-0.2, -0.15) is 4.98 Å². The van der Waals surface area contributed by atoms with Crippen LogP contribution in [0.3, 0.4) is 0 Å². The number of carbonyl (C=O) groups is 1. The normalized spacial score (nSPS) is 17.0. The number of rotatable bonds is 4. The Bertz CT molecular complexity index is 1010. The van der Waals surface area contributed by atoms with Gasteiger partial charge in [0, 0.05) is 29.2 Å². The van der Waals surface area contributed by atoms with Gasteiger partial charge in [0.25, 0.3) is 0 Å². The van der Waals surface area contributed by atoms with Crippen LogP contribution in [-0.2, 0) is 4.79 Å². The molecule has 28 heavy (non-hydrogen) atoms. The summed E-state index contributed by atoms with van der Waals surface area (Å²) < 4.78 is 5.49. The van der Waals surface area contributed by atoms with Gasteiger partial charge in [0.05, 0.1) is 5.92 Å². The van der Waals surface area contributed by atoms with Gasteiger partial charge in [-0.1, -0.05) is 60.9 Å². The summed E-state index contributed by atoms with van der Waals surface area (Å²) in [6.07, 6.45) is 0.347. The fraction of sp³-hybridized carbons (Fsp3) is 0.318. The van der Waals surface area contributed by atoms with Crippen molar-refractivity contribution in [1.29, 1.82) is 0 Å². The lowest BCUT2D eigenvalue weighted by Crippen LogP contribution is -2.24. The van der Waals surface area contributed by atoms with Gasteiger partial charge >= 0.3 is 0 Å². The molecule has 1 saturated heterocycles. The average molecular weight is 396 g/mol. The van der Waals surface area contributed by atoms with Crippen molar-refractivity contribution in [3.8, 4) is 11.4 Å². The highest BCUT2D eigenvalue weighted by Gasteiger charge is 2.35. The summed E-state index contributed by atoms with van der Waals surface area (Å²) in [5.41, 5.74) is 3.96. The van der Waals surface area contributed by atoms with Crippen LogP contribution >= 0.6 is 11.6 Å². The Kier molecular flexibility index (Phi) is 4.94. The minimum atomic E-state index is -0.122. The lowest BCUT2D eigenvalue weighted by Gasteiger charge is -2.17. The molecule has 1 atom stereocenters. The first kappa shape index (κ1) is 18.7. The molecule has 0 bridgehead atoms. The molecule has 3 aromatic rings. The van der Waals surface area contributed by atoms with E-state index in [1.54, 1.807) is 4.90 Å². The Hall–Kier alpha value is -2.66. The Morgan fingerprint density at radius 3 is 2.61 bits per heavy atom. The number of aryl methyl sites for hydroxylation is 1. The van der Waals surface area contributed by atoms with E-state index in [2.05, 4.69) is 36.1 Å². The molecule has 1 aliphatic heterocycles. The highest BCUT2D eigenvalue weighted by Crippen LogP contribution is 2.33. The highest BCUT2D eigenvalue weighted by molar-refractivity contribution is 6.31. The molecule has 0 saturated carbocycles. The van der Waals surface area contributed by atoms with Crippen molar-refractivity contribution in [2.24, 2.45) is 0 Å². The van der Waals surface area contributed by atoms with Gasteiger partial charge in [-0.05, 0) is 36.1 Å². The van der Waals surface area contributed by atoms with Gasteiger partial charge in [-0.15, -0.1) is 0 Å². The number of carbonyl (C=O) groups excluding carboxylic acids is 1. The Morgan fingerprint density at radius 1 is 1.18 bits per heavy atom. The van der Waals surface area contributed by atoms with E-state index in [0.29, 0.717) is 35.6 Å². The van der Waals surface area contributed by atoms with Crippen LogP contribution in [0.2, 0.25) is 5.02 Å². The number of halogens is 1. The molecule has 5 nitrogen and oxygen atoms in total. The number of aromatic nitrogens is 2. The van der Waals surface area contributed by atoms with Crippen molar-refractivity contribution in [2.45, 2.75) is 39.0 Å². The molecule has 1 amide bonds. The molecule has 0 radical (unpaired) electrons. The fourth-order valence-electron chi connectivity index (χ4n) is 3.41. The molecular weight excluding hydrogens is 374 g/mol. The molecule has 0 N–H and O–H groups in total. The minimum Gasteiger partial charge on any atom is -0.339 e. The van der Waals surface area contributed by atoms with Gasteiger partial charge < -0.3 is 9.42 Å². The third-order valence-corrected chi connectivity index (χ3v) is 5.63. The first-order valence-electron chi connectivity index (χ1n) is 9.43. The lowest BCUT2D eigenvalue weighted by molar-refractivity contribution is -0.117. The molecule has 1 unspecified atom stereocenters. The quantitative estimate of drug-likeness (QED) is 0.598. The van der Waals surface area contributed by atoms with E-state index in [1.165, 1.54) is 5.56 Å². The predicted molar refractivity (Wildman–Crippen MR) is 110 cm³/mol. The number of benzene rings is 2. The zero-order valence-electron chi connectivity index (χ0n) is 16.1. The number of hydrogen-bond donors (Lipinski definition) is 0. The first-order chi connectivity index (χ1) is 13.4. The molecule has 144 valence electrons. The summed E-state index contributed by atoms with van der Waals surface area (Å²) in [4.78, 5) is 18.8. The Labute approximate surface area is 169 Å². The van der Waals surface area contributed by atoms with Gasteiger partial charge in [0.1, 0.15) is 0 Å². The zero-order valence-corrected chi connectivity index (χ0v) is 16.9. The molecule has 6 heteroatoms. The van der Waals surface area contributed by atoms with E-state index >= 15 is 0 Å². The SMILES string of the molecule is Cc1ccc(N2CC(c3nc(-c4ccc(C(C)C)cc4)no3)CC2=O)cc1Cl. The third-order valence-electron chi connectivity index (χ3n) is 5.22. The van der Waals surface area contributed by atoms with Crippen LogP contribution in [0.15, 0.2) is 47.0 Å². The third kappa shape index (κ3) is 3.54. The van der Waals surface area contributed by atoms with Crippen molar-refractivity contribution >= 4 is 23.2 Å². The van der Waals surface area contributed by atoms with E-state index in [0.717, 1.165) is 16.8 Å². The van der Waals surface area contributed by atoms with Crippen LogP contribution < -0.4 is 4.90 Å². The molecule has 1 fully saturated rings. The molecule has 2 heterocycles. The van der Waals surface area contributed by atoms with Crippen LogP contribution in [0.5, 0.6) is 0 Å². The van der Waals surface area contributed by atoms with Crippen LogP contribution in [-0.4, -0.2) is 22.6 Å². The van der Waals surface area contributed by atoms with E-state index in [4.69, 9.17) is 16.1 Å². The average Bonchev–Trinajstić information content (AvgIpc) is 3.31. The van der Waals surface area contributed by atoms with Gasteiger partial charge in [0.15, 0.2) is 0 Å². The van der Waals surface area contributed by atoms with Crippen LogP contribution in [0, 0.1) is 6.92 Å². The van der Waals surface area contributed by atoms with Crippen molar-refractivity contribution in [3.63, 3.8) is 0 Å². The van der Waals surface area contributed by atoms with Crippen LogP contribution in [0.1, 0.15) is 49.1 Å². The standard InChI is InChI=1S/C22H22ClN3O2/c1-13(2)15-5-7-16(8-6-15)21-24-22(28-25-21)17-10-20(27)26(12-17)18-9-4-14(3)19(23)11-18/h4-9,11,13,17H,10,12H2,1-3H3. The van der Waals surface area contributed by atoms with Crippen molar-refractivity contribution < 1.29 is 9.32 Å². The monoisotopic (exact) mass is 395 g/mol. The van der Waals surface area contributed by atoms with Crippen molar-refractivity contribution in [2.75, 3.05) is 11.4 Å². The Balaban J connectivity index is 1.53. The van der Waals surface area contributed by atoms with Crippen LogP contribution in [0.4, 0.5) is 5.69 Å². The molecular formula is C22H22ClN3O2. The van der Waals surface area contributed by atoms with Crippen LogP contribution in [0.25, 0.3) is 11.4 Å². The Morgan fingerprint density at radius 2 is 1.93 bits per heavy atom. The first-order valence-corrected chi connectivity index (χ1v) is 9.80. The van der Waals surface area contributed by atoms with E-state index in [1.807, 2.05) is 37.3 Å². The van der Waals surface area contributed by atoms with Gasteiger partial charge in [-0.3, -0.25) is 4.79 Å². The molecule has 2 aromatic carbocycles. The zero-order chi connectivity index (χ0) is 19.8. The second-order valence-electron chi connectivity index (χ2n) is 7.57. The topological polar surface area (TPSA) is 59.2 Å². The summed E-state index contributed by atoms with van der Waals surface area (Å²) in [6, 6.07) is 13.8. The molecule has 0 spiro atoms. The predicted octanol–water partition coefficient (Wildman–Crippen LogP) is 5.34. The number of amides is 1. The van der Waals surface area contributed by atoms with Gasteiger partial charge in [-0.25, -0.2) is 0 Å². The summed E-state index contributed by atoms with van der Waals surface area (Å²) in [7, 11) is 0. The maximum Gasteiger partial charge on any atom is 0.232 e. The fourth-order valence-corrected chi connectivity index (χ4v) is 3.58. The summed E-state index contributed by atoms with van der Waals surface area (Å²) in [5, 5.41) is 4.77. The lowest BCUT2D eigenvalue weighted by atomic mass is 10.0. The number of hydrogen-bond acceptors (Lipinski definition) is 4. The number of anilines is 1. The largest absolute Gasteiger partial charge is 0.339 e. The molecule has 1 aliphatic rings. The van der Waals surface area contributed by atoms with Crippen molar-refractivity contribution in [1.82, 2.24) is 10.1 Å². The van der Waals surface area contributed by atoms with E-state index in [9.17, 15) is 4.79 Å². The summed E-state index contributed by atoms with van der Waals surface area (Å²) >= 11 is 6.22. The maximum absolute atomic E-state index is 12.5. The minimum absolute atomic E-state index is 0.0333. The van der Waals surface area contributed by atoms with E-state index < -0.39 is 0 Å². The second kappa shape index (κ2) is 7.40. The van der Waals surface area contributed by atoms with E-state index in [-0.39, 0.29) is 11.8 Å². The van der Waals surface area contributed by atoms with Crippen molar-refractivity contribution in [3.05, 3.63) is 64.5 Å². The molecule has 4 rings (SSSR count). The molecule has 1 aromatic heterocycles. The summed E-state index contributed by atoms with van der Waals surface area (Å²) in [6.45, 7) is 6.76. The smallest absolute Gasteiger partial charge is 0.232 e. The maximum atomic E-state index is 12.5. The van der Waals surface area contributed by atoms with Gasteiger partial charge in [0.2, 0.25) is 17.6 Å². The summed E-state index contributed by atoms with van der Waals surface area (Å²) in [5.74, 6) is 1.43. The number of nitrogens with zero attached hydrogens (tertiary/aromatic N) is 3. The highest BCUT2D eigenvalue weighted by atomic mass is 35.5.